The largest absolute Gasteiger partial charge is 0.501 e. The molecule has 2 rings (SSSR count). The van der Waals surface area contributed by atoms with Gasteiger partial charge in [0.25, 0.3) is 0 Å². The molecule has 0 saturated heterocycles. The van der Waals surface area contributed by atoms with Gasteiger partial charge in [-0.1, -0.05) is 30.3 Å². The predicted molar refractivity (Wildman–Crippen MR) is 72.5 cm³/mol. The van der Waals surface area contributed by atoms with E-state index in [1.807, 2.05) is 36.4 Å². The Morgan fingerprint density at radius 2 is 2.17 bits per heavy atom. The summed E-state index contributed by atoms with van der Waals surface area (Å²) in [6.45, 7) is 0.621. The highest BCUT2D eigenvalue weighted by Gasteiger charge is 2.30. The van der Waals surface area contributed by atoms with Crippen molar-refractivity contribution in [3.63, 3.8) is 0 Å². The lowest BCUT2D eigenvalue weighted by molar-refractivity contribution is -0.140. The summed E-state index contributed by atoms with van der Waals surface area (Å²) in [5.41, 5.74) is 1.10. The predicted octanol–water partition coefficient (Wildman–Crippen LogP) is 2.59. The maximum Gasteiger partial charge on any atom is 0.319 e. The van der Waals surface area contributed by atoms with Gasteiger partial charge < -0.3 is 9.47 Å². The van der Waals surface area contributed by atoms with E-state index in [1.54, 1.807) is 18.0 Å². The molecule has 0 aromatic heterocycles. The monoisotopic (exact) mass is 264 g/mol. The van der Waals surface area contributed by atoms with Crippen LogP contribution in [0.5, 0.6) is 0 Å². The van der Waals surface area contributed by atoms with Crippen LogP contribution in [0.25, 0.3) is 0 Å². The van der Waals surface area contributed by atoms with E-state index in [0.29, 0.717) is 6.61 Å². The topological polar surface area (TPSA) is 35.5 Å². The SMILES string of the molecule is COC(=O)[C@H]1SCCO/C=C\[C@H]1c1ccccc1. The average Bonchev–Trinajstić information content (AvgIpc) is 2.39. The lowest BCUT2D eigenvalue weighted by Gasteiger charge is -2.24. The van der Waals surface area contributed by atoms with Gasteiger partial charge in [0, 0.05) is 11.7 Å². The maximum atomic E-state index is 11.9. The van der Waals surface area contributed by atoms with E-state index >= 15 is 0 Å². The molecule has 1 aromatic rings. The van der Waals surface area contributed by atoms with Crippen LogP contribution < -0.4 is 0 Å². The lowest BCUT2D eigenvalue weighted by Crippen LogP contribution is -2.27. The van der Waals surface area contributed by atoms with Gasteiger partial charge in [0.05, 0.1) is 20.0 Å². The summed E-state index contributed by atoms with van der Waals surface area (Å²) in [7, 11) is 1.43. The van der Waals surface area contributed by atoms with Gasteiger partial charge in [-0.15, -0.1) is 11.8 Å². The summed E-state index contributed by atoms with van der Waals surface area (Å²) in [6, 6.07) is 9.96. The highest BCUT2D eigenvalue weighted by atomic mass is 32.2. The zero-order valence-electron chi connectivity index (χ0n) is 10.2. The second-order valence-corrected chi connectivity index (χ2v) is 5.20. The third kappa shape index (κ3) is 3.07. The van der Waals surface area contributed by atoms with Crippen molar-refractivity contribution in [1.82, 2.24) is 0 Å². The first kappa shape index (κ1) is 13.0. The van der Waals surface area contributed by atoms with Gasteiger partial charge in [-0.25, -0.2) is 0 Å². The van der Waals surface area contributed by atoms with E-state index in [4.69, 9.17) is 9.47 Å². The Morgan fingerprint density at radius 1 is 1.39 bits per heavy atom. The fourth-order valence-corrected chi connectivity index (χ4v) is 3.06. The van der Waals surface area contributed by atoms with Crippen molar-refractivity contribution in [1.29, 1.82) is 0 Å². The molecule has 2 atom stereocenters. The maximum absolute atomic E-state index is 11.9. The number of methoxy groups -OCH3 is 1. The first-order valence-corrected chi connectivity index (χ1v) is 6.90. The molecule has 0 unspecified atom stereocenters. The lowest BCUT2D eigenvalue weighted by atomic mass is 9.95. The summed E-state index contributed by atoms with van der Waals surface area (Å²) >= 11 is 1.58. The van der Waals surface area contributed by atoms with Crippen molar-refractivity contribution in [2.45, 2.75) is 11.2 Å². The van der Waals surface area contributed by atoms with Gasteiger partial charge in [-0.2, -0.15) is 0 Å². The molecule has 96 valence electrons. The van der Waals surface area contributed by atoms with Crippen LogP contribution in [-0.4, -0.2) is 30.7 Å². The zero-order chi connectivity index (χ0) is 12.8. The number of ether oxygens (including phenoxy) is 2. The zero-order valence-corrected chi connectivity index (χ0v) is 11.1. The van der Waals surface area contributed by atoms with E-state index in [2.05, 4.69) is 0 Å². The van der Waals surface area contributed by atoms with Crippen molar-refractivity contribution >= 4 is 17.7 Å². The van der Waals surface area contributed by atoms with Crippen LogP contribution >= 0.6 is 11.8 Å². The number of hydrogen-bond acceptors (Lipinski definition) is 4. The number of esters is 1. The molecular formula is C14H16O3S. The van der Waals surface area contributed by atoms with Gasteiger partial charge in [-0.05, 0) is 11.6 Å². The summed E-state index contributed by atoms with van der Waals surface area (Å²) in [4.78, 5) is 11.9. The Kier molecular flexibility index (Phi) is 4.70. The quantitative estimate of drug-likeness (QED) is 0.769. The highest BCUT2D eigenvalue weighted by Crippen LogP contribution is 2.32. The number of carbonyl (C=O) groups is 1. The second kappa shape index (κ2) is 6.50. The molecule has 0 fully saturated rings. The fraction of sp³-hybridized carbons (Fsp3) is 0.357. The molecule has 1 aliphatic rings. The number of hydrogen-bond donors (Lipinski definition) is 0. The van der Waals surface area contributed by atoms with Crippen molar-refractivity contribution < 1.29 is 14.3 Å². The molecule has 0 bridgehead atoms. The fourth-order valence-electron chi connectivity index (χ4n) is 1.93. The molecule has 0 spiro atoms. The Morgan fingerprint density at radius 3 is 2.89 bits per heavy atom. The minimum Gasteiger partial charge on any atom is -0.501 e. The molecular weight excluding hydrogens is 248 g/mol. The summed E-state index contributed by atoms with van der Waals surface area (Å²) in [6.07, 6.45) is 3.62. The number of benzene rings is 1. The Hall–Kier alpha value is -1.42. The van der Waals surface area contributed by atoms with Crippen molar-refractivity contribution in [2.24, 2.45) is 0 Å². The van der Waals surface area contributed by atoms with Crippen LogP contribution in [0.1, 0.15) is 11.5 Å². The Balaban J connectivity index is 2.30. The summed E-state index contributed by atoms with van der Waals surface area (Å²) in [5, 5.41) is -0.211. The molecule has 1 heterocycles. The van der Waals surface area contributed by atoms with Crippen molar-refractivity contribution in [3.05, 3.63) is 48.2 Å². The van der Waals surface area contributed by atoms with E-state index in [0.717, 1.165) is 11.3 Å². The molecule has 1 aromatic carbocycles. The third-order valence-corrected chi connectivity index (χ3v) is 4.07. The van der Waals surface area contributed by atoms with Gasteiger partial charge in [0.15, 0.2) is 0 Å². The Bertz CT molecular complexity index is 416. The normalized spacial score (nSPS) is 25.4. The van der Waals surface area contributed by atoms with Gasteiger partial charge in [0.2, 0.25) is 0 Å². The van der Waals surface area contributed by atoms with Crippen molar-refractivity contribution in [2.75, 3.05) is 19.5 Å². The molecule has 0 N–H and O–H groups in total. The molecule has 0 amide bonds. The van der Waals surface area contributed by atoms with Gasteiger partial charge >= 0.3 is 5.97 Å². The van der Waals surface area contributed by atoms with Crippen LogP contribution in [-0.2, 0) is 14.3 Å². The van der Waals surface area contributed by atoms with Crippen LogP contribution in [0, 0.1) is 0 Å². The van der Waals surface area contributed by atoms with Crippen LogP contribution in [0.15, 0.2) is 42.7 Å². The molecule has 3 nitrogen and oxygen atoms in total. The minimum absolute atomic E-state index is 0.0102. The van der Waals surface area contributed by atoms with Gasteiger partial charge in [-0.3, -0.25) is 4.79 Å². The standard InChI is InChI=1S/C14H16O3S/c1-16-14(15)13-12(7-8-17-9-10-18-13)11-5-3-2-4-6-11/h2-8,12-13H,9-10H2,1H3/b8-7-/t12-,13-/m0/s1. The minimum atomic E-state index is -0.211. The van der Waals surface area contributed by atoms with Crippen LogP contribution in [0.2, 0.25) is 0 Å². The molecule has 18 heavy (non-hydrogen) atoms. The van der Waals surface area contributed by atoms with E-state index in [-0.39, 0.29) is 17.1 Å². The summed E-state index contributed by atoms with van der Waals surface area (Å²) in [5.74, 6) is 0.595. The van der Waals surface area contributed by atoms with Gasteiger partial charge in [0.1, 0.15) is 5.25 Å². The average molecular weight is 264 g/mol. The molecule has 4 heteroatoms. The number of rotatable bonds is 2. The number of thioether (sulfide) groups is 1. The first-order valence-electron chi connectivity index (χ1n) is 5.85. The molecule has 0 aliphatic carbocycles. The Labute approximate surface area is 111 Å². The molecule has 0 saturated carbocycles. The molecule has 0 radical (unpaired) electrons. The highest BCUT2D eigenvalue weighted by molar-refractivity contribution is 8.00. The van der Waals surface area contributed by atoms with E-state index in [9.17, 15) is 4.79 Å². The number of carbonyl (C=O) groups excluding carboxylic acids is 1. The molecule has 1 aliphatic heterocycles. The third-order valence-electron chi connectivity index (χ3n) is 2.82. The second-order valence-electron chi connectivity index (χ2n) is 3.95. The van der Waals surface area contributed by atoms with Crippen LogP contribution in [0.3, 0.4) is 0 Å². The number of allylic oxidation sites excluding steroid dienone is 1. The smallest absolute Gasteiger partial charge is 0.319 e. The van der Waals surface area contributed by atoms with Crippen LogP contribution in [0.4, 0.5) is 0 Å². The first-order chi connectivity index (χ1) is 8.83. The van der Waals surface area contributed by atoms with Crippen molar-refractivity contribution in [3.8, 4) is 0 Å². The van der Waals surface area contributed by atoms with E-state index in [1.165, 1.54) is 7.11 Å². The summed E-state index contributed by atoms with van der Waals surface area (Å²) < 4.78 is 10.2. The van der Waals surface area contributed by atoms with E-state index < -0.39 is 0 Å².